The molecule has 1 saturated heterocycles. The van der Waals surface area contributed by atoms with Crippen LogP contribution in [-0.2, 0) is 9.53 Å². The summed E-state index contributed by atoms with van der Waals surface area (Å²) in [5.74, 6) is -0.262. The number of aliphatic imine (C=N–C) groups is 1. The van der Waals surface area contributed by atoms with Crippen LogP contribution in [0.4, 0.5) is 11.4 Å². The van der Waals surface area contributed by atoms with E-state index in [9.17, 15) is 4.79 Å². The molecule has 1 fully saturated rings. The summed E-state index contributed by atoms with van der Waals surface area (Å²) in [5.41, 5.74) is 2.77. The summed E-state index contributed by atoms with van der Waals surface area (Å²) in [7, 11) is 1.50. The van der Waals surface area contributed by atoms with Crippen LogP contribution in [0.25, 0.3) is 0 Å². The van der Waals surface area contributed by atoms with Gasteiger partial charge < -0.3 is 24.2 Å². The second-order valence-electron chi connectivity index (χ2n) is 6.08. The molecule has 0 bridgehead atoms. The first-order valence-corrected chi connectivity index (χ1v) is 9.55. The number of benzene rings is 2. The van der Waals surface area contributed by atoms with Crippen molar-refractivity contribution in [3.63, 3.8) is 0 Å². The van der Waals surface area contributed by atoms with Gasteiger partial charge in [0.05, 0.1) is 26.0 Å². The standard InChI is InChI=1S/C20H21BrN2O5/c1-26-18-10-14(17(21)11-19(18)28-13-20(24)25)12-22-15-2-4-16(5-3-15)23-6-8-27-9-7-23/h2-5,10-12H,6-9,13H2,1H3,(H,24,25). The highest BCUT2D eigenvalue weighted by Crippen LogP contribution is 2.33. The lowest BCUT2D eigenvalue weighted by atomic mass is 10.2. The van der Waals surface area contributed by atoms with E-state index >= 15 is 0 Å². The maximum atomic E-state index is 10.7. The molecule has 1 N–H and O–H groups in total. The Kier molecular flexibility index (Phi) is 6.89. The minimum absolute atomic E-state index is 0.351. The smallest absolute Gasteiger partial charge is 0.341 e. The van der Waals surface area contributed by atoms with Crippen molar-refractivity contribution in [2.24, 2.45) is 4.99 Å². The quantitative estimate of drug-likeness (QED) is 0.652. The molecule has 1 aliphatic rings. The van der Waals surface area contributed by atoms with Gasteiger partial charge in [0, 0.05) is 35.0 Å². The Morgan fingerprint density at radius 2 is 1.96 bits per heavy atom. The predicted octanol–water partition coefficient (Wildman–Crippen LogP) is 3.51. The van der Waals surface area contributed by atoms with E-state index in [1.807, 2.05) is 12.1 Å². The first-order chi connectivity index (χ1) is 13.6. The second kappa shape index (κ2) is 9.57. The van der Waals surface area contributed by atoms with Crippen molar-refractivity contribution < 1.29 is 24.1 Å². The third kappa shape index (κ3) is 5.24. The Balaban J connectivity index is 1.73. The number of rotatable bonds is 7. The fourth-order valence-corrected chi connectivity index (χ4v) is 3.20. The maximum absolute atomic E-state index is 10.7. The zero-order valence-corrected chi connectivity index (χ0v) is 17.0. The van der Waals surface area contributed by atoms with Crippen molar-refractivity contribution >= 4 is 39.5 Å². The average Bonchev–Trinajstić information content (AvgIpc) is 2.72. The molecule has 0 unspecified atom stereocenters. The predicted molar refractivity (Wildman–Crippen MR) is 111 cm³/mol. The summed E-state index contributed by atoms with van der Waals surface area (Å²) >= 11 is 3.46. The van der Waals surface area contributed by atoms with Gasteiger partial charge in [-0.25, -0.2) is 4.79 Å². The third-order valence-electron chi connectivity index (χ3n) is 4.21. The Morgan fingerprint density at radius 1 is 1.25 bits per heavy atom. The number of anilines is 1. The van der Waals surface area contributed by atoms with Gasteiger partial charge in [-0.2, -0.15) is 0 Å². The van der Waals surface area contributed by atoms with Crippen LogP contribution in [0.5, 0.6) is 11.5 Å². The fourth-order valence-electron chi connectivity index (χ4n) is 2.78. The van der Waals surface area contributed by atoms with Gasteiger partial charge in [0.15, 0.2) is 18.1 Å². The van der Waals surface area contributed by atoms with Crippen molar-refractivity contribution in [3.8, 4) is 11.5 Å². The first-order valence-electron chi connectivity index (χ1n) is 8.76. The Morgan fingerprint density at radius 3 is 2.61 bits per heavy atom. The molecule has 0 saturated carbocycles. The zero-order chi connectivity index (χ0) is 19.9. The molecule has 0 aromatic heterocycles. The molecule has 8 heteroatoms. The van der Waals surface area contributed by atoms with Crippen LogP contribution in [0.2, 0.25) is 0 Å². The van der Waals surface area contributed by atoms with E-state index in [1.165, 1.54) is 7.11 Å². The van der Waals surface area contributed by atoms with Crippen molar-refractivity contribution in [2.75, 3.05) is 44.9 Å². The van der Waals surface area contributed by atoms with E-state index in [1.54, 1.807) is 18.3 Å². The lowest BCUT2D eigenvalue weighted by Crippen LogP contribution is -2.36. The number of methoxy groups -OCH3 is 1. The highest BCUT2D eigenvalue weighted by atomic mass is 79.9. The summed E-state index contributed by atoms with van der Waals surface area (Å²) in [6.07, 6.45) is 1.72. The van der Waals surface area contributed by atoms with Crippen molar-refractivity contribution in [1.82, 2.24) is 0 Å². The second-order valence-corrected chi connectivity index (χ2v) is 6.94. The average molecular weight is 449 g/mol. The Labute approximate surface area is 171 Å². The zero-order valence-electron chi connectivity index (χ0n) is 15.4. The molecule has 0 radical (unpaired) electrons. The van der Waals surface area contributed by atoms with Crippen molar-refractivity contribution in [1.29, 1.82) is 0 Å². The van der Waals surface area contributed by atoms with E-state index < -0.39 is 12.6 Å². The van der Waals surface area contributed by atoms with E-state index in [0.29, 0.717) is 11.5 Å². The minimum atomic E-state index is -1.05. The van der Waals surface area contributed by atoms with Gasteiger partial charge in [-0.15, -0.1) is 0 Å². The summed E-state index contributed by atoms with van der Waals surface area (Å²) in [6, 6.07) is 11.5. The van der Waals surface area contributed by atoms with Gasteiger partial charge >= 0.3 is 5.97 Å². The highest BCUT2D eigenvalue weighted by Gasteiger charge is 2.12. The molecule has 28 heavy (non-hydrogen) atoms. The largest absolute Gasteiger partial charge is 0.493 e. The van der Waals surface area contributed by atoms with Gasteiger partial charge in [0.2, 0.25) is 0 Å². The number of carbonyl (C=O) groups is 1. The van der Waals surface area contributed by atoms with Crippen LogP contribution < -0.4 is 14.4 Å². The molecule has 0 aliphatic carbocycles. The van der Waals surface area contributed by atoms with Crippen LogP contribution in [0.15, 0.2) is 45.9 Å². The van der Waals surface area contributed by atoms with Crippen LogP contribution in [-0.4, -0.2) is 57.3 Å². The van der Waals surface area contributed by atoms with E-state index in [-0.39, 0.29) is 0 Å². The summed E-state index contributed by atoms with van der Waals surface area (Å²) < 4.78 is 16.6. The van der Waals surface area contributed by atoms with E-state index in [4.69, 9.17) is 19.3 Å². The molecule has 148 valence electrons. The molecule has 0 atom stereocenters. The molecule has 1 aliphatic heterocycles. The maximum Gasteiger partial charge on any atom is 0.341 e. The first kappa shape index (κ1) is 20.2. The molecular formula is C20H21BrN2O5. The van der Waals surface area contributed by atoms with Gasteiger partial charge in [-0.05, 0) is 52.3 Å². The van der Waals surface area contributed by atoms with Gasteiger partial charge in [0.25, 0.3) is 0 Å². The van der Waals surface area contributed by atoms with Crippen LogP contribution >= 0.6 is 15.9 Å². The third-order valence-corrected chi connectivity index (χ3v) is 4.90. The van der Waals surface area contributed by atoms with Crippen LogP contribution in [0.3, 0.4) is 0 Å². The van der Waals surface area contributed by atoms with Gasteiger partial charge in [-0.3, -0.25) is 4.99 Å². The molecule has 0 amide bonds. The molecule has 2 aromatic carbocycles. The molecule has 7 nitrogen and oxygen atoms in total. The molecule has 2 aromatic rings. The van der Waals surface area contributed by atoms with Gasteiger partial charge in [-0.1, -0.05) is 0 Å². The highest BCUT2D eigenvalue weighted by molar-refractivity contribution is 9.10. The van der Waals surface area contributed by atoms with Crippen molar-refractivity contribution in [3.05, 3.63) is 46.4 Å². The number of ether oxygens (including phenoxy) is 3. The lowest BCUT2D eigenvalue weighted by Gasteiger charge is -2.28. The number of halogens is 1. The van der Waals surface area contributed by atoms with Crippen LogP contribution in [0.1, 0.15) is 5.56 Å². The van der Waals surface area contributed by atoms with E-state index in [0.717, 1.165) is 47.7 Å². The number of hydrogen-bond acceptors (Lipinski definition) is 6. The lowest BCUT2D eigenvalue weighted by molar-refractivity contribution is -0.139. The number of carboxylic acids is 1. The summed E-state index contributed by atoms with van der Waals surface area (Å²) in [6.45, 7) is 2.85. The molecule has 0 spiro atoms. The fraction of sp³-hybridized carbons (Fsp3) is 0.300. The Bertz CT molecular complexity index is 848. The summed E-state index contributed by atoms with van der Waals surface area (Å²) in [4.78, 5) is 17.5. The SMILES string of the molecule is COc1cc(C=Nc2ccc(N3CCOCC3)cc2)c(Br)cc1OCC(=O)O. The number of hydrogen-bond donors (Lipinski definition) is 1. The molecule has 1 heterocycles. The molecular weight excluding hydrogens is 428 g/mol. The van der Waals surface area contributed by atoms with E-state index in [2.05, 4.69) is 38.0 Å². The topological polar surface area (TPSA) is 80.6 Å². The Hall–Kier alpha value is -2.58. The monoisotopic (exact) mass is 448 g/mol. The normalized spacial score (nSPS) is 14.3. The summed E-state index contributed by atoms with van der Waals surface area (Å²) in [5, 5.41) is 8.77. The van der Waals surface area contributed by atoms with Crippen LogP contribution in [0, 0.1) is 0 Å². The minimum Gasteiger partial charge on any atom is -0.493 e. The number of carboxylic acid groups (broad SMARTS) is 1. The number of morpholine rings is 1. The number of nitrogens with zero attached hydrogens (tertiary/aromatic N) is 2. The number of aliphatic carboxylic acids is 1. The molecule has 3 rings (SSSR count). The van der Waals surface area contributed by atoms with Crippen molar-refractivity contribution in [2.45, 2.75) is 0 Å². The van der Waals surface area contributed by atoms with Gasteiger partial charge in [0.1, 0.15) is 0 Å².